The van der Waals surface area contributed by atoms with E-state index in [0.717, 1.165) is 48.6 Å². The van der Waals surface area contributed by atoms with E-state index in [1.807, 2.05) is 30.3 Å². The summed E-state index contributed by atoms with van der Waals surface area (Å²) in [5, 5.41) is 1.04. The van der Waals surface area contributed by atoms with Crippen LogP contribution < -0.4 is 10.6 Å². The molecule has 0 bridgehead atoms. The van der Waals surface area contributed by atoms with Gasteiger partial charge in [0, 0.05) is 43.3 Å². The molecule has 1 aromatic heterocycles. The van der Waals surface area contributed by atoms with E-state index in [-0.39, 0.29) is 0 Å². The minimum Gasteiger partial charge on any atom is -0.398 e. The first-order valence-electron chi connectivity index (χ1n) is 6.33. The predicted octanol–water partition coefficient (Wildman–Crippen LogP) is 1.57. The minimum absolute atomic E-state index is 0.814. The van der Waals surface area contributed by atoms with Crippen molar-refractivity contribution in [2.75, 3.05) is 43.9 Å². The van der Waals surface area contributed by atoms with Gasteiger partial charge in [0.15, 0.2) is 0 Å². The van der Waals surface area contributed by atoms with Crippen LogP contribution in [-0.2, 0) is 0 Å². The number of anilines is 2. The van der Waals surface area contributed by atoms with Crippen molar-refractivity contribution in [3.63, 3.8) is 0 Å². The molecule has 0 atom stereocenters. The number of pyridine rings is 1. The summed E-state index contributed by atoms with van der Waals surface area (Å²) in [6.45, 7) is 4.19. The van der Waals surface area contributed by atoms with Gasteiger partial charge in [-0.05, 0) is 13.1 Å². The quantitative estimate of drug-likeness (QED) is 0.824. The van der Waals surface area contributed by atoms with Gasteiger partial charge in [0.1, 0.15) is 5.82 Å². The Hall–Kier alpha value is -1.81. The minimum atomic E-state index is 0.814. The lowest BCUT2D eigenvalue weighted by atomic mass is 10.2. The molecule has 0 spiro atoms. The van der Waals surface area contributed by atoms with E-state index in [1.54, 1.807) is 0 Å². The number of hydrogen-bond acceptors (Lipinski definition) is 4. The fourth-order valence-corrected chi connectivity index (χ4v) is 2.39. The maximum absolute atomic E-state index is 6.11. The molecular weight excluding hydrogens is 224 g/mol. The van der Waals surface area contributed by atoms with Crippen molar-refractivity contribution in [1.82, 2.24) is 9.88 Å². The summed E-state index contributed by atoms with van der Waals surface area (Å²) in [6.07, 6.45) is 0. The highest BCUT2D eigenvalue weighted by Crippen LogP contribution is 2.25. The molecule has 2 N–H and O–H groups in total. The Balaban J connectivity index is 1.97. The SMILES string of the molecule is CN1CCN(c2cc(N)c3ccccc3n2)CC1. The molecule has 4 heteroatoms. The van der Waals surface area contributed by atoms with Crippen molar-refractivity contribution in [1.29, 1.82) is 0 Å². The third kappa shape index (κ3) is 1.99. The lowest BCUT2D eigenvalue weighted by Crippen LogP contribution is -2.44. The van der Waals surface area contributed by atoms with E-state index in [2.05, 4.69) is 16.8 Å². The summed E-state index contributed by atoms with van der Waals surface area (Å²) >= 11 is 0. The zero-order valence-corrected chi connectivity index (χ0v) is 10.6. The number of aromatic nitrogens is 1. The summed E-state index contributed by atoms with van der Waals surface area (Å²) < 4.78 is 0. The van der Waals surface area contributed by atoms with Gasteiger partial charge in [-0.1, -0.05) is 18.2 Å². The van der Waals surface area contributed by atoms with Gasteiger partial charge in [0.2, 0.25) is 0 Å². The molecule has 0 radical (unpaired) electrons. The molecule has 3 rings (SSSR count). The fourth-order valence-electron chi connectivity index (χ4n) is 2.39. The van der Waals surface area contributed by atoms with E-state index in [0.29, 0.717) is 0 Å². The smallest absolute Gasteiger partial charge is 0.131 e. The zero-order chi connectivity index (χ0) is 12.5. The zero-order valence-electron chi connectivity index (χ0n) is 10.6. The second-order valence-corrected chi connectivity index (χ2v) is 4.88. The van der Waals surface area contributed by atoms with Crippen molar-refractivity contribution < 1.29 is 0 Å². The Morgan fingerprint density at radius 1 is 1.11 bits per heavy atom. The predicted molar refractivity (Wildman–Crippen MR) is 75.9 cm³/mol. The molecule has 1 aromatic carbocycles. The van der Waals surface area contributed by atoms with Crippen LogP contribution in [-0.4, -0.2) is 43.1 Å². The summed E-state index contributed by atoms with van der Waals surface area (Å²) in [5.74, 6) is 0.999. The molecule has 0 aliphatic carbocycles. The molecule has 0 amide bonds. The largest absolute Gasteiger partial charge is 0.398 e. The highest BCUT2D eigenvalue weighted by atomic mass is 15.3. The van der Waals surface area contributed by atoms with Gasteiger partial charge in [-0.15, -0.1) is 0 Å². The van der Waals surface area contributed by atoms with E-state index < -0.39 is 0 Å². The summed E-state index contributed by atoms with van der Waals surface area (Å²) in [4.78, 5) is 9.35. The first-order valence-corrected chi connectivity index (χ1v) is 6.33. The molecule has 18 heavy (non-hydrogen) atoms. The van der Waals surface area contributed by atoms with E-state index in [1.165, 1.54) is 0 Å². The Labute approximate surface area is 107 Å². The average molecular weight is 242 g/mol. The molecule has 1 fully saturated rings. The first kappa shape index (κ1) is 11.3. The van der Waals surface area contributed by atoms with Crippen molar-refractivity contribution >= 4 is 22.4 Å². The Morgan fingerprint density at radius 2 is 1.83 bits per heavy atom. The molecule has 1 aliphatic heterocycles. The van der Waals surface area contributed by atoms with Crippen molar-refractivity contribution in [3.8, 4) is 0 Å². The van der Waals surface area contributed by atoms with Crippen LogP contribution in [0, 0.1) is 0 Å². The van der Waals surface area contributed by atoms with Crippen LogP contribution >= 0.6 is 0 Å². The topological polar surface area (TPSA) is 45.4 Å². The number of para-hydroxylation sites is 1. The van der Waals surface area contributed by atoms with Gasteiger partial charge in [0.25, 0.3) is 0 Å². The first-order chi connectivity index (χ1) is 8.74. The second-order valence-electron chi connectivity index (χ2n) is 4.88. The lowest BCUT2D eigenvalue weighted by molar-refractivity contribution is 0.312. The van der Waals surface area contributed by atoms with Crippen molar-refractivity contribution in [3.05, 3.63) is 30.3 Å². The van der Waals surface area contributed by atoms with Gasteiger partial charge in [-0.3, -0.25) is 0 Å². The van der Waals surface area contributed by atoms with Crippen LogP contribution in [0.15, 0.2) is 30.3 Å². The van der Waals surface area contributed by atoms with Gasteiger partial charge >= 0.3 is 0 Å². The van der Waals surface area contributed by atoms with Gasteiger partial charge < -0.3 is 15.5 Å². The molecule has 1 saturated heterocycles. The summed E-state index contributed by atoms with van der Waals surface area (Å²) in [6, 6.07) is 10.0. The van der Waals surface area contributed by atoms with E-state index >= 15 is 0 Å². The number of piperazine rings is 1. The number of nitrogens with zero attached hydrogens (tertiary/aromatic N) is 3. The molecule has 2 heterocycles. The number of likely N-dealkylation sites (N-methyl/N-ethyl adjacent to an activating group) is 1. The number of fused-ring (bicyclic) bond motifs is 1. The second kappa shape index (κ2) is 4.46. The standard InChI is InChI=1S/C14H18N4/c1-17-6-8-18(9-7-17)14-10-12(15)11-4-2-3-5-13(11)16-14/h2-5,10H,6-9H2,1H3,(H2,15,16). The maximum Gasteiger partial charge on any atom is 0.131 e. The maximum atomic E-state index is 6.11. The summed E-state index contributed by atoms with van der Waals surface area (Å²) in [5.41, 5.74) is 7.91. The highest BCUT2D eigenvalue weighted by molar-refractivity contribution is 5.91. The van der Waals surface area contributed by atoms with Crippen LogP contribution in [0.3, 0.4) is 0 Å². The molecule has 1 aliphatic rings. The van der Waals surface area contributed by atoms with Gasteiger partial charge in [-0.2, -0.15) is 0 Å². The average Bonchev–Trinajstić information content (AvgIpc) is 2.39. The monoisotopic (exact) mass is 242 g/mol. The van der Waals surface area contributed by atoms with E-state index in [4.69, 9.17) is 10.7 Å². The van der Waals surface area contributed by atoms with Crippen molar-refractivity contribution in [2.24, 2.45) is 0 Å². The van der Waals surface area contributed by atoms with Crippen LogP contribution in [0.2, 0.25) is 0 Å². The number of hydrogen-bond donors (Lipinski definition) is 1. The van der Waals surface area contributed by atoms with Crippen molar-refractivity contribution in [2.45, 2.75) is 0 Å². The fraction of sp³-hybridized carbons (Fsp3) is 0.357. The Morgan fingerprint density at radius 3 is 2.61 bits per heavy atom. The molecule has 0 unspecified atom stereocenters. The molecule has 94 valence electrons. The third-order valence-electron chi connectivity index (χ3n) is 3.56. The molecule has 0 saturated carbocycles. The van der Waals surface area contributed by atoms with Crippen LogP contribution in [0.4, 0.5) is 11.5 Å². The van der Waals surface area contributed by atoms with Crippen LogP contribution in [0.5, 0.6) is 0 Å². The molecule has 4 nitrogen and oxygen atoms in total. The normalized spacial score (nSPS) is 17.3. The third-order valence-corrected chi connectivity index (χ3v) is 3.56. The molecule has 2 aromatic rings. The summed E-state index contributed by atoms with van der Waals surface area (Å²) in [7, 11) is 2.15. The van der Waals surface area contributed by atoms with Gasteiger partial charge in [-0.25, -0.2) is 4.98 Å². The highest BCUT2D eigenvalue weighted by Gasteiger charge is 2.16. The number of benzene rings is 1. The number of rotatable bonds is 1. The van der Waals surface area contributed by atoms with Gasteiger partial charge in [0.05, 0.1) is 5.52 Å². The van der Waals surface area contributed by atoms with E-state index in [9.17, 15) is 0 Å². The van der Waals surface area contributed by atoms with Crippen LogP contribution in [0.1, 0.15) is 0 Å². The molecular formula is C14H18N4. The lowest BCUT2D eigenvalue weighted by Gasteiger charge is -2.33. The Bertz CT molecular complexity index is 559. The number of nitrogen functional groups attached to an aromatic ring is 1. The van der Waals surface area contributed by atoms with Crippen LogP contribution in [0.25, 0.3) is 10.9 Å². The number of nitrogens with two attached hydrogens (primary N) is 1. The Kier molecular flexibility index (Phi) is 2.80.